The van der Waals surface area contributed by atoms with E-state index in [2.05, 4.69) is 15.3 Å². The predicted octanol–water partition coefficient (Wildman–Crippen LogP) is 2.59. The van der Waals surface area contributed by atoms with E-state index in [1.807, 2.05) is 36.1 Å². The Balaban J connectivity index is 1.41. The van der Waals surface area contributed by atoms with Crippen LogP contribution in [-0.2, 0) is 0 Å². The van der Waals surface area contributed by atoms with Crippen molar-refractivity contribution in [2.75, 3.05) is 36.4 Å². The van der Waals surface area contributed by atoms with Crippen molar-refractivity contribution in [1.82, 2.24) is 14.9 Å². The maximum absolute atomic E-state index is 12.6. The summed E-state index contributed by atoms with van der Waals surface area (Å²) in [5.41, 5.74) is 2.03. The summed E-state index contributed by atoms with van der Waals surface area (Å²) in [5.74, 6) is 0.612. The Kier molecular flexibility index (Phi) is 5.24. The number of aromatic nitrogens is 2. The molecule has 0 radical (unpaired) electrons. The van der Waals surface area contributed by atoms with Crippen molar-refractivity contribution < 1.29 is 14.0 Å². The van der Waals surface area contributed by atoms with E-state index in [1.165, 1.54) is 12.6 Å². The number of anilines is 2. The quantitative estimate of drug-likeness (QED) is 0.735. The molecule has 8 heteroatoms. The molecule has 0 atom stereocenters. The first kappa shape index (κ1) is 18.7. The molecule has 0 aliphatic carbocycles. The first-order valence-electron chi connectivity index (χ1n) is 9.38. The molecule has 1 N–H and O–H groups in total. The monoisotopic (exact) mass is 391 g/mol. The third-order valence-corrected chi connectivity index (χ3v) is 4.90. The minimum absolute atomic E-state index is 0.115. The number of furan rings is 1. The standard InChI is InChI=1S/C21H21N5O3/c1-15-5-2-3-6-16(15)24-20(27)17-13-19(23-14-22-17)25-8-10-26(11-9-25)21(28)18-7-4-12-29-18/h2-7,12-14H,8-11H2,1H3,(H,24,27). The third-order valence-electron chi connectivity index (χ3n) is 4.90. The van der Waals surface area contributed by atoms with Crippen LogP contribution in [0.4, 0.5) is 11.5 Å². The van der Waals surface area contributed by atoms with Gasteiger partial charge in [0, 0.05) is 37.9 Å². The van der Waals surface area contributed by atoms with E-state index in [1.54, 1.807) is 23.1 Å². The summed E-state index contributed by atoms with van der Waals surface area (Å²) in [6.07, 6.45) is 2.89. The molecule has 1 aliphatic rings. The number of carbonyl (C=O) groups excluding carboxylic acids is 2. The summed E-state index contributed by atoms with van der Waals surface area (Å²) in [6.45, 7) is 4.26. The van der Waals surface area contributed by atoms with Gasteiger partial charge in [0.1, 0.15) is 17.8 Å². The molecule has 2 amide bonds. The molecule has 1 aliphatic heterocycles. The van der Waals surface area contributed by atoms with Crippen molar-refractivity contribution in [1.29, 1.82) is 0 Å². The van der Waals surface area contributed by atoms with E-state index in [0.717, 1.165) is 11.3 Å². The number of nitrogens with one attached hydrogen (secondary N) is 1. The highest BCUT2D eigenvalue weighted by Gasteiger charge is 2.24. The topological polar surface area (TPSA) is 91.6 Å². The first-order chi connectivity index (χ1) is 14.1. The number of rotatable bonds is 4. The Bertz CT molecular complexity index is 1010. The second-order valence-electron chi connectivity index (χ2n) is 6.79. The Morgan fingerprint density at radius 1 is 1.03 bits per heavy atom. The number of amides is 2. The molecule has 8 nitrogen and oxygen atoms in total. The lowest BCUT2D eigenvalue weighted by Crippen LogP contribution is -2.49. The predicted molar refractivity (Wildman–Crippen MR) is 108 cm³/mol. The molecular formula is C21H21N5O3. The van der Waals surface area contributed by atoms with Crippen molar-refractivity contribution in [3.05, 3.63) is 72.1 Å². The number of carbonyl (C=O) groups is 2. The lowest BCUT2D eigenvalue weighted by atomic mass is 10.2. The molecule has 4 rings (SSSR count). The van der Waals surface area contributed by atoms with Crippen LogP contribution in [-0.4, -0.2) is 52.9 Å². The van der Waals surface area contributed by atoms with E-state index in [0.29, 0.717) is 43.5 Å². The highest BCUT2D eigenvalue weighted by molar-refractivity contribution is 6.03. The summed E-state index contributed by atoms with van der Waals surface area (Å²) in [5, 5.41) is 2.88. The molecular weight excluding hydrogens is 370 g/mol. The summed E-state index contributed by atoms with van der Waals surface area (Å²) >= 11 is 0. The van der Waals surface area contributed by atoms with Gasteiger partial charge >= 0.3 is 0 Å². The number of hydrogen-bond donors (Lipinski definition) is 1. The van der Waals surface area contributed by atoms with Gasteiger partial charge in [-0.2, -0.15) is 0 Å². The van der Waals surface area contributed by atoms with Gasteiger partial charge in [0.25, 0.3) is 11.8 Å². The summed E-state index contributed by atoms with van der Waals surface area (Å²) in [7, 11) is 0. The summed E-state index contributed by atoms with van der Waals surface area (Å²) < 4.78 is 5.19. The highest BCUT2D eigenvalue weighted by atomic mass is 16.3. The minimum Gasteiger partial charge on any atom is -0.459 e. The molecule has 0 bridgehead atoms. The van der Waals surface area contributed by atoms with Crippen molar-refractivity contribution in [3.8, 4) is 0 Å². The molecule has 1 saturated heterocycles. The van der Waals surface area contributed by atoms with E-state index < -0.39 is 0 Å². The van der Waals surface area contributed by atoms with E-state index in [9.17, 15) is 9.59 Å². The van der Waals surface area contributed by atoms with Crippen molar-refractivity contribution in [3.63, 3.8) is 0 Å². The van der Waals surface area contributed by atoms with E-state index in [4.69, 9.17) is 4.42 Å². The molecule has 0 saturated carbocycles. The Morgan fingerprint density at radius 3 is 2.55 bits per heavy atom. The zero-order chi connectivity index (χ0) is 20.2. The molecule has 1 fully saturated rings. The molecule has 3 heterocycles. The summed E-state index contributed by atoms with van der Waals surface area (Å²) in [6, 6.07) is 12.6. The van der Waals surface area contributed by atoms with Gasteiger partial charge in [-0.05, 0) is 30.7 Å². The van der Waals surface area contributed by atoms with Crippen molar-refractivity contribution in [2.24, 2.45) is 0 Å². The molecule has 29 heavy (non-hydrogen) atoms. The van der Waals surface area contributed by atoms with Crippen LogP contribution in [0, 0.1) is 6.92 Å². The molecule has 148 valence electrons. The van der Waals surface area contributed by atoms with Gasteiger partial charge in [-0.25, -0.2) is 9.97 Å². The van der Waals surface area contributed by atoms with Crippen LogP contribution < -0.4 is 10.2 Å². The highest BCUT2D eigenvalue weighted by Crippen LogP contribution is 2.18. The number of aryl methyl sites for hydroxylation is 1. The average molecular weight is 391 g/mol. The van der Waals surface area contributed by atoms with Gasteiger partial charge < -0.3 is 19.5 Å². The van der Waals surface area contributed by atoms with Gasteiger partial charge in [0.2, 0.25) is 0 Å². The smallest absolute Gasteiger partial charge is 0.289 e. The fourth-order valence-corrected chi connectivity index (χ4v) is 3.24. The number of benzene rings is 1. The number of hydrogen-bond acceptors (Lipinski definition) is 6. The van der Waals surface area contributed by atoms with Crippen LogP contribution in [0.5, 0.6) is 0 Å². The molecule has 1 aromatic carbocycles. The fourth-order valence-electron chi connectivity index (χ4n) is 3.24. The second kappa shape index (κ2) is 8.14. The van der Waals surface area contributed by atoms with Gasteiger partial charge in [-0.3, -0.25) is 9.59 Å². The Hall–Kier alpha value is -3.68. The number of piperazine rings is 1. The first-order valence-corrected chi connectivity index (χ1v) is 9.38. The van der Waals surface area contributed by atoms with E-state index in [-0.39, 0.29) is 11.8 Å². The summed E-state index contributed by atoms with van der Waals surface area (Å²) in [4.78, 5) is 37.2. The molecule has 3 aromatic rings. The maximum Gasteiger partial charge on any atom is 0.289 e. The fraction of sp³-hybridized carbons (Fsp3) is 0.238. The van der Waals surface area contributed by atoms with Gasteiger partial charge in [0.05, 0.1) is 6.26 Å². The zero-order valence-corrected chi connectivity index (χ0v) is 16.0. The minimum atomic E-state index is -0.283. The van der Waals surface area contributed by atoms with Gasteiger partial charge in [-0.1, -0.05) is 18.2 Å². The van der Waals surface area contributed by atoms with Crippen LogP contribution in [0.1, 0.15) is 26.6 Å². The normalized spacial score (nSPS) is 14.0. The largest absolute Gasteiger partial charge is 0.459 e. The van der Waals surface area contributed by atoms with Crippen LogP contribution in [0.15, 0.2) is 59.5 Å². The third kappa shape index (κ3) is 4.11. The number of para-hydroxylation sites is 1. The maximum atomic E-state index is 12.6. The molecule has 2 aromatic heterocycles. The Labute approximate surface area is 168 Å². The van der Waals surface area contributed by atoms with Gasteiger partial charge in [-0.15, -0.1) is 0 Å². The lowest BCUT2D eigenvalue weighted by Gasteiger charge is -2.35. The molecule has 0 unspecified atom stereocenters. The Morgan fingerprint density at radius 2 is 1.83 bits per heavy atom. The second-order valence-corrected chi connectivity index (χ2v) is 6.79. The number of nitrogens with zero attached hydrogens (tertiary/aromatic N) is 4. The van der Waals surface area contributed by atoms with Crippen LogP contribution >= 0.6 is 0 Å². The van der Waals surface area contributed by atoms with Crippen LogP contribution in [0.2, 0.25) is 0 Å². The van der Waals surface area contributed by atoms with E-state index >= 15 is 0 Å². The zero-order valence-electron chi connectivity index (χ0n) is 16.0. The van der Waals surface area contributed by atoms with Crippen LogP contribution in [0.25, 0.3) is 0 Å². The lowest BCUT2D eigenvalue weighted by molar-refractivity contribution is 0.0714. The van der Waals surface area contributed by atoms with Crippen LogP contribution in [0.3, 0.4) is 0 Å². The SMILES string of the molecule is Cc1ccccc1NC(=O)c1cc(N2CCN(C(=O)c3ccco3)CC2)ncn1. The average Bonchev–Trinajstić information content (AvgIpc) is 3.30. The molecule has 0 spiro atoms. The van der Waals surface area contributed by atoms with Gasteiger partial charge in [0.15, 0.2) is 5.76 Å². The van der Waals surface area contributed by atoms with Crippen molar-refractivity contribution >= 4 is 23.3 Å². The van der Waals surface area contributed by atoms with Crippen molar-refractivity contribution in [2.45, 2.75) is 6.92 Å².